The molecule has 2 nitrogen and oxygen atoms in total. The number of halogens is 1. The number of nitrogens with one attached hydrogen (secondary N) is 1. The summed E-state index contributed by atoms with van der Waals surface area (Å²) in [5, 5.41) is 3.95. The highest BCUT2D eigenvalue weighted by atomic mass is 19.1. The van der Waals surface area contributed by atoms with Crippen LogP contribution in [0, 0.1) is 5.82 Å². The van der Waals surface area contributed by atoms with Crippen LogP contribution in [0.25, 0.3) is 10.9 Å². The number of nitrogens with zero attached hydrogens (tertiary/aromatic N) is 1. The molecule has 2 rings (SSSR count). The van der Waals surface area contributed by atoms with Gasteiger partial charge < -0.3 is 9.88 Å². The van der Waals surface area contributed by atoms with E-state index in [4.69, 9.17) is 0 Å². The summed E-state index contributed by atoms with van der Waals surface area (Å²) < 4.78 is 15.9. The van der Waals surface area contributed by atoms with Crippen molar-refractivity contribution in [2.75, 3.05) is 7.05 Å². The summed E-state index contributed by atoms with van der Waals surface area (Å²) in [5.41, 5.74) is 2.18. The molecule has 1 unspecified atom stereocenters. The van der Waals surface area contributed by atoms with Crippen molar-refractivity contribution >= 4 is 10.9 Å². The molecule has 1 atom stereocenters. The summed E-state index contributed by atoms with van der Waals surface area (Å²) in [5.74, 6) is -0.131. The molecule has 0 aliphatic rings. The Morgan fingerprint density at radius 2 is 2.18 bits per heavy atom. The minimum Gasteiger partial charge on any atom is -0.345 e. The summed E-state index contributed by atoms with van der Waals surface area (Å²) in [6.07, 6.45) is 0.915. The third-order valence-electron chi connectivity index (χ3n) is 3.30. The molecular weight excluding hydrogens is 215 g/mol. The van der Waals surface area contributed by atoms with Gasteiger partial charge in [-0.1, -0.05) is 6.07 Å². The lowest BCUT2D eigenvalue weighted by atomic mass is 10.1. The zero-order valence-electron chi connectivity index (χ0n) is 10.6. The maximum Gasteiger partial charge on any atom is 0.132 e. The normalized spacial score (nSPS) is 13.2. The number of aromatic nitrogens is 1. The van der Waals surface area contributed by atoms with Crippen molar-refractivity contribution in [3.8, 4) is 0 Å². The van der Waals surface area contributed by atoms with Gasteiger partial charge in [-0.15, -0.1) is 0 Å². The predicted molar refractivity (Wildman–Crippen MR) is 69.8 cm³/mol. The first-order valence-electron chi connectivity index (χ1n) is 6.11. The topological polar surface area (TPSA) is 17.0 Å². The molecule has 0 spiro atoms. The van der Waals surface area contributed by atoms with E-state index in [0.29, 0.717) is 6.04 Å². The second-order valence-corrected chi connectivity index (χ2v) is 4.45. The highest BCUT2D eigenvalue weighted by molar-refractivity contribution is 5.82. The molecule has 3 heteroatoms. The molecular formula is C14H19FN2. The summed E-state index contributed by atoms with van der Waals surface area (Å²) in [6, 6.07) is 7.65. The molecule has 0 radical (unpaired) electrons. The van der Waals surface area contributed by atoms with Gasteiger partial charge in [0.05, 0.1) is 5.52 Å². The minimum atomic E-state index is -0.131. The Morgan fingerprint density at radius 3 is 2.82 bits per heavy atom. The van der Waals surface area contributed by atoms with Crippen LogP contribution in [0.1, 0.15) is 19.5 Å². The van der Waals surface area contributed by atoms with Crippen molar-refractivity contribution in [2.24, 2.45) is 0 Å². The summed E-state index contributed by atoms with van der Waals surface area (Å²) >= 11 is 0. The van der Waals surface area contributed by atoms with Gasteiger partial charge >= 0.3 is 0 Å². The van der Waals surface area contributed by atoms with E-state index in [9.17, 15) is 4.39 Å². The third kappa shape index (κ3) is 2.20. The van der Waals surface area contributed by atoms with Crippen molar-refractivity contribution in [1.82, 2.24) is 9.88 Å². The van der Waals surface area contributed by atoms with Gasteiger partial charge in [-0.3, -0.25) is 0 Å². The summed E-state index contributed by atoms with van der Waals surface area (Å²) in [4.78, 5) is 0. The van der Waals surface area contributed by atoms with Crippen LogP contribution >= 0.6 is 0 Å². The van der Waals surface area contributed by atoms with Gasteiger partial charge in [0, 0.05) is 30.1 Å². The van der Waals surface area contributed by atoms with Gasteiger partial charge in [-0.25, -0.2) is 4.39 Å². The van der Waals surface area contributed by atoms with E-state index in [-0.39, 0.29) is 5.82 Å². The molecule has 0 saturated heterocycles. The number of fused-ring (bicyclic) bond motifs is 1. The van der Waals surface area contributed by atoms with E-state index in [1.165, 1.54) is 11.8 Å². The van der Waals surface area contributed by atoms with E-state index in [1.807, 2.05) is 19.2 Å². The van der Waals surface area contributed by atoms with Gasteiger partial charge in [0.1, 0.15) is 5.82 Å². The largest absolute Gasteiger partial charge is 0.345 e. The molecule has 1 aromatic carbocycles. The quantitative estimate of drug-likeness (QED) is 0.860. The first kappa shape index (κ1) is 12.1. The fourth-order valence-corrected chi connectivity index (χ4v) is 2.26. The summed E-state index contributed by atoms with van der Waals surface area (Å²) in [7, 11) is 1.95. The second-order valence-electron chi connectivity index (χ2n) is 4.45. The lowest BCUT2D eigenvalue weighted by Crippen LogP contribution is -2.24. The Labute approximate surface area is 101 Å². The zero-order valence-corrected chi connectivity index (χ0v) is 10.6. The lowest BCUT2D eigenvalue weighted by molar-refractivity contribution is 0.581. The molecule has 92 valence electrons. The minimum absolute atomic E-state index is 0.131. The number of aryl methyl sites for hydroxylation is 1. The van der Waals surface area contributed by atoms with Crippen molar-refractivity contribution in [3.63, 3.8) is 0 Å². The number of rotatable bonds is 4. The maximum absolute atomic E-state index is 13.7. The van der Waals surface area contributed by atoms with Crippen LogP contribution in [0.2, 0.25) is 0 Å². The third-order valence-corrected chi connectivity index (χ3v) is 3.30. The molecule has 0 saturated carbocycles. The lowest BCUT2D eigenvalue weighted by Gasteiger charge is -2.12. The van der Waals surface area contributed by atoms with E-state index in [0.717, 1.165) is 23.9 Å². The molecule has 0 fully saturated rings. The fraction of sp³-hybridized carbons (Fsp3) is 0.429. The molecule has 2 aromatic rings. The first-order chi connectivity index (χ1) is 8.17. The van der Waals surface area contributed by atoms with Gasteiger partial charge in [-0.2, -0.15) is 0 Å². The zero-order chi connectivity index (χ0) is 12.4. The molecule has 1 N–H and O–H groups in total. The van der Waals surface area contributed by atoms with Crippen LogP contribution < -0.4 is 5.32 Å². The smallest absolute Gasteiger partial charge is 0.132 e. The number of hydrogen-bond acceptors (Lipinski definition) is 1. The molecule has 0 amide bonds. The maximum atomic E-state index is 13.7. The fourth-order valence-electron chi connectivity index (χ4n) is 2.26. The van der Waals surface area contributed by atoms with Gasteiger partial charge in [0.2, 0.25) is 0 Å². The van der Waals surface area contributed by atoms with Crippen LogP contribution in [0.3, 0.4) is 0 Å². The number of hydrogen-bond donors (Lipinski definition) is 1. The Morgan fingerprint density at radius 1 is 1.41 bits per heavy atom. The average Bonchev–Trinajstić information content (AvgIpc) is 2.68. The van der Waals surface area contributed by atoms with Crippen LogP contribution in [-0.4, -0.2) is 17.7 Å². The van der Waals surface area contributed by atoms with Gasteiger partial charge in [0.25, 0.3) is 0 Å². The SMILES string of the molecule is CCn1c(CC(C)NC)cc2c(F)cccc21. The highest BCUT2D eigenvalue weighted by Crippen LogP contribution is 2.23. The van der Waals surface area contributed by atoms with E-state index < -0.39 is 0 Å². The van der Waals surface area contributed by atoms with Crippen LogP contribution in [0.15, 0.2) is 24.3 Å². The van der Waals surface area contributed by atoms with Crippen molar-refractivity contribution in [1.29, 1.82) is 0 Å². The van der Waals surface area contributed by atoms with Gasteiger partial charge in [0.15, 0.2) is 0 Å². The number of likely N-dealkylation sites (N-methyl/N-ethyl adjacent to an activating group) is 1. The highest BCUT2D eigenvalue weighted by Gasteiger charge is 2.12. The molecule has 0 aliphatic heterocycles. The Bertz CT molecular complexity index is 516. The predicted octanol–water partition coefficient (Wildman–Crippen LogP) is 2.95. The van der Waals surface area contributed by atoms with Crippen molar-refractivity contribution < 1.29 is 4.39 Å². The molecule has 0 aliphatic carbocycles. The van der Waals surface area contributed by atoms with Crippen LogP contribution in [0.5, 0.6) is 0 Å². The van der Waals surface area contributed by atoms with Crippen LogP contribution in [0.4, 0.5) is 4.39 Å². The molecule has 17 heavy (non-hydrogen) atoms. The van der Waals surface area contributed by atoms with E-state index >= 15 is 0 Å². The second kappa shape index (κ2) is 4.88. The Balaban J connectivity index is 2.52. The van der Waals surface area contributed by atoms with Gasteiger partial charge in [-0.05, 0) is 39.1 Å². The van der Waals surface area contributed by atoms with E-state index in [2.05, 4.69) is 23.7 Å². The van der Waals surface area contributed by atoms with E-state index in [1.54, 1.807) is 6.07 Å². The Kier molecular flexibility index (Phi) is 3.48. The first-order valence-corrected chi connectivity index (χ1v) is 6.11. The Hall–Kier alpha value is -1.35. The monoisotopic (exact) mass is 234 g/mol. The molecule has 0 bridgehead atoms. The van der Waals surface area contributed by atoms with Crippen molar-refractivity contribution in [3.05, 3.63) is 35.8 Å². The number of benzene rings is 1. The molecule has 1 aromatic heterocycles. The van der Waals surface area contributed by atoms with Crippen molar-refractivity contribution in [2.45, 2.75) is 32.9 Å². The average molecular weight is 234 g/mol. The van der Waals surface area contributed by atoms with Crippen LogP contribution in [-0.2, 0) is 13.0 Å². The summed E-state index contributed by atoms with van der Waals surface area (Å²) in [6.45, 7) is 5.10. The standard InChI is InChI=1S/C14H19FN2/c1-4-17-11(8-10(2)16-3)9-12-13(15)6-5-7-14(12)17/h5-7,9-10,16H,4,8H2,1-3H3. The molecule has 1 heterocycles.